The summed E-state index contributed by atoms with van der Waals surface area (Å²) in [6, 6.07) is 6.58. The number of nitrogens with zero attached hydrogens (tertiary/aromatic N) is 2. The van der Waals surface area contributed by atoms with Gasteiger partial charge in [0.2, 0.25) is 5.82 Å². The molecule has 0 unspecified atom stereocenters. The minimum atomic E-state index is -2.22. The quantitative estimate of drug-likeness (QED) is 0.141. The molecule has 0 aliphatic carbocycles. The first kappa shape index (κ1) is 18.4. The maximum atomic E-state index is 13.5. The van der Waals surface area contributed by atoms with Gasteiger partial charge in [0.25, 0.3) is 0 Å². The Morgan fingerprint density at radius 1 is 0.792 bits per heavy atom. The fourth-order valence-corrected chi connectivity index (χ4v) is 2.73. The molecular weight excluding hydrogens is 347 g/mol. The third-order valence-electron chi connectivity index (χ3n) is 3.06. The summed E-state index contributed by atoms with van der Waals surface area (Å²) >= 11 is 1.65. The molecular formula is C16H13F5N2S. The van der Waals surface area contributed by atoms with Crippen molar-refractivity contribution in [3.8, 4) is 0 Å². The predicted molar refractivity (Wildman–Crippen MR) is 82.5 cm³/mol. The first-order chi connectivity index (χ1) is 11.5. The monoisotopic (exact) mass is 360 g/mol. The van der Waals surface area contributed by atoms with E-state index in [1.54, 1.807) is 36.0 Å². The highest BCUT2D eigenvalue weighted by molar-refractivity contribution is 7.99. The number of hydrogen-bond donors (Lipinski definition) is 0. The minimum Gasteiger partial charge on any atom is -0.201 e. The highest BCUT2D eigenvalue weighted by Crippen LogP contribution is 2.31. The lowest BCUT2D eigenvalue weighted by molar-refractivity contribution is 0.380. The Morgan fingerprint density at radius 3 is 1.88 bits per heavy atom. The Morgan fingerprint density at radius 2 is 1.33 bits per heavy atom. The molecule has 2 rings (SSSR count). The molecule has 0 saturated carbocycles. The molecule has 0 radical (unpaired) electrons. The second kappa shape index (κ2) is 8.23. The smallest absolute Gasteiger partial charge is 0.200 e. The lowest BCUT2D eigenvalue weighted by Gasteiger charge is -2.03. The highest BCUT2D eigenvalue weighted by Gasteiger charge is 2.25. The molecule has 128 valence electrons. The largest absolute Gasteiger partial charge is 0.201 e. The molecule has 24 heavy (non-hydrogen) atoms. The normalized spacial score (nSPS) is 11.4. The average Bonchev–Trinajstić information content (AvgIpc) is 2.60. The Kier molecular flexibility index (Phi) is 6.30. The third-order valence-corrected chi connectivity index (χ3v) is 4.15. The number of halogens is 5. The van der Waals surface area contributed by atoms with Crippen LogP contribution in [0.1, 0.15) is 19.8 Å². The molecule has 0 N–H and O–H groups in total. The number of benzene rings is 2. The zero-order valence-corrected chi connectivity index (χ0v) is 13.4. The molecule has 2 nitrogen and oxygen atoms in total. The lowest BCUT2D eigenvalue weighted by Crippen LogP contribution is -2.00. The molecule has 0 spiro atoms. The van der Waals surface area contributed by atoms with Gasteiger partial charge in [-0.25, -0.2) is 22.0 Å². The van der Waals surface area contributed by atoms with Crippen LogP contribution in [-0.2, 0) is 0 Å². The molecule has 0 aliphatic heterocycles. The molecule has 0 amide bonds. The van der Waals surface area contributed by atoms with Crippen LogP contribution in [0, 0.1) is 29.1 Å². The van der Waals surface area contributed by atoms with Gasteiger partial charge in [0.1, 0.15) is 0 Å². The molecule has 0 aliphatic rings. The van der Waals surface area contributed by atoms with Gasteiger partial charge in [-0.05, 0) is 36.4 Å². The van der Waals surface area contributed by atoms with E-state index < -0.39 is 34.8 Å². The van der Waals surface area contributed by atoms with Crippen molar-refractivity contribution >= 4 is 23.1 Å². The number of hydrogen-bond acceptors (Lipinski definition) is 3. The van der Waals surface area contributed by atoms with Crippen molar-refractivity contribution in [1.82, 2.24) is 0 Å². The Labute approximate surface area is 139 Å². The van der Waals surface area contributed by atoms with Gasteiger partial charge in [0.15, 0.2) is 29.0 Å². The van der Waals surface area contributed by atoms with Crippen molar-refractivity contribution in [3.63, 3.8) is 0 Å². The zero-order valence-electron chi connectivity index (χ0n) is 12.6. The fraction of sp³-hybridized carbons (Fsp3) is 0.250. The van der Waals surface area contributed by atoms with Crippen LogP contribution in [-0.4, -0.2) is 5.75 Å². The third kappa shape index (κ3) is 4.11. The van der Waals surface area contributed by atoms with Gasteiger partial charge in [-0.2, -0.15) is 5.11 Å². The van der Waals surface area contributed by atoms with Gasteiger partial charge in [0, 0.05) is 4.90 Å². The summed E-state index contributed by atoms with van der Waals surface area (Å²) in [7, 11) is 0. The van der Waals surface area contributed by atoms with Gasteiger partial charge >= 0.3 is 0 Å². The zero-order chi connectivity index (χ0) is 17.7. The Hall–Kier alpha value is -1.96. The van der Waals surface area contributed by atoms with E-state index >= 15 is 0 Å². The van der Waals surface area contributed by atoms with E-state index in [0.717, 1.165) is 23.5 Å². The van der Waals surface area contributed by atoms with E-state index in [2.05, 4.69) is 17.2 Å². The van der Waals surface area contributed by atoms with Crippen LogP contribution in [0.15, 0.2) is 39.4 Å². The maximum Gasteiger partial charge on any atom is 0.200 e. The van der Waals surface area contributed by atoms with Crippen molar-refractivity contribution in [3.05, 3.63) is 53.4 Å². The van der Waals surface area contributed by atoms with Crippen molar-refractivity contribution < 1.29 is 22.0 Å². The lowest BCUT2D eigenvalue weighted by atomic mass is 10.2. The van der Waals surface area contributed by atoms with Crippen LogP contribution in [0.5, 0.6) is 0 Å². The standard InChI is InChI=1S/C16H13F5N2S/c1-2-3-8-24-10-6-4-9(5-7-10)22-23-16-14(20)12(18)11(17)13(19)15(16)21/h4-7H,2-3,8H2,1H3. The summed E-state index contributed by atoms with van der Waals surface area (Å²) in [6.45, 7) is 2.09. The average molecular weight is 360 g/mol. The predicted octanol–water partition coefficient (Wildman–Crippen LogP) is 6.69. The van der Waals surface area contributed by atoms with E-state index in [9.17, 15) is 22.0 Å². The van der Waals surface area contributed by atoms with E-state index in [0.29, 0.717) is 0 Å². The molecule has 0 aromatic heterocycles. The second-order valence-electron chi connectivity index (χ2n) is 4.81. The summed E-state index contributed by atoms with van der Waals surface area (Å²) in [5.74, 6) is -9.39. The molecule has 0 atom stereocenters. The van der Waals surface area contributed by atoms with Crippen LogP contribution in [0.4, 0.5) is 33.3 Å². The van der Waals surface area contributed by atoms with Crippen LogP contribution in [0.3, 0.4) is 0 Å². The first-order valence-corrected chi connectivity index (χ1v) is 8.10. The minimum absolute atomic E-state index is 0.235. The number of rotatable bonds is 6. The summed E-state index contributed by atoms with van der Waals surface area (Å²) in [6.07, 6.45) is 2.16. The molecule has 0 saturated heterocycles. The van der Waals surface area contributed by atoms with Gasteiger partial charge in [0.05, 0.1) is 5.69 Å². The van der Waals surface area contributed by atoms with Crippen LogP contribution in [0.2, 0.25) is 0 Å². The summed E-state index contributed by atoms with van der Waals surface area (Å²) < 4.78 is 66.0. The van der Waals surface area contributed by atoms with Crippen molar-refractivity contribution in [2.24, 2.45) is 10.2 Å². The van der Waals surface area contributed by atoms with Crippen LogP contribution >= 0.6 is 11.8 Å². The summed E-state index contributed by atoms with van der Waals surface area (Å²) in [5, 5.41) is 6.69. The van der Waals surface area contributed by atoms with Crippen molar-refractivity contribution in [2.45, 2.75) is 24.7 Å². The number of unbranched alkanes of at least 4 members (excludes halogenated alkanes) is 1. The fourth-order valence-electron chi connectivity index (χ4n) is 1.73. The van der Waals surface area contributed by atoms with E-state index in [1.807, 2.05) is 0 Å². The molecule has 2 aromatic rings. The van der Waals surface area contributed by atoms with Crippen molar-refractivity contribution in [2.75, 3.05) is 5.75 Å². The first-order valence-electron chi connectivity index (χ1n) is 7.11. The van der Waals surface area contributed by atoms with Gasteiger partial charge in [-0.1, -0.05) is 13.3 Å². The molecule has 0 heterocycles. The van der Waals surface area contributed by atoms with E-state index in [-0.39, 0.29) is 5.69 Å². The topological polar surface area (TPSA) is 24.7 Å². The number of thioether (sulfide) groups is 1. The molecule has 2 aromatic carbocycles. The van der Waals surface area contributed by atoms with E-state index in [1.165, 1.54) is 0 Å². The second-order valence-corrected chi connectivity index (χ2v) is 5.98. The maximum absolute atomic E-state index is 13.5. The van der Waals surface area contributed by atoms with Crippen LogP contribution < -0.4 is 0 Å². The van der Waals surface area contributed by atoms with Gasteiger partial charge in [-0.15, -0.1) is 16.9 Å². The molecule has 8 heteroatoms. The Bertz CT molecular complexity index is 718. The Balaban J connectivity index is 2.20. The molecule has 0 bridgehead atoms. The molecule has 0 fully saturated rings. The van der Waals surface area contributed by atoms with E-state index in [4.69, 9.17) is 0 Å². The summed E-state index contributed by atoms with van der Waals surface area (Å²) in [5.41, 5.74) is -1.08. The number of azo groups is 1. The highest BCUT2D eigenvalue weighted by atomic mass is 32.2. The van der Waals surface area contributed by atoms with Gasteiger partial charge in [-0.3, -0.25) is 0 Å². The summed E-state index contributed by atoms with van der Waals surface area (Å²) in [4.78, 5) is 0.985. The van der Waals surface area contributed by atoms with Gasteiger partial charge < -0.3 is 0 Å². The van der Waals surface area contributed by atoms with Crippen molar-refractivity contribution in [1.29, 1.82) is 0 Å². The van der Waals surface area contributed by atoms with Crippen LogP contribution in [0.25, 0.3) is 0 Å². The SMILES string of the molecule is CCCCSc1ccc(N=Nc2c(F)c(F)c(F)c(F)c2F)cc1.